The number of nitrogens with zero attached hydrogens (tertiary/aromatic N) is 3. The highest BCUT2D eigenvalue weighted by molar-refractivity contribution is 6.02. The molecule has 0 saturated heterocycles. The van der Waals surface area contributed by atoms with E-state index >= 15 is 0 Å². The van der Waals surface area contributed by atoms with E-state index in [1.807, 2.05) is 91.0 Å². The summed E-state index contributed by atoms with van der Waals surface area (Å²) < 4.78 is 0. The SMILES string of the molecule is O=C1c2cc([N+](=O)[O-])ccc2N(Cc2ccccc2)C(c2ccccc2)N1Cc1ccccc1. The Bertz CT molecular complexity index is 1310. The van der Waals surface area contributed by atoms with Crippen LogP contribution in [0, 0.1) is 10.1 Å². The maximum atomic E-state index is 13.9. The first-order chi connectivity index (χ1) is 16.6. The van der Waals surface area contributed by atoms with Crippen molar-refractivity contribution in [2.45, 2.75) is 19.3 Å². The van der Waals surface area contributed by atoms with Gasteiger partial charge in [-0.2, -0.15) is 0 Å². The molecule has 1 heterocycles. The van der Waals surface area contributed by atoms with Crippen molar-refractivity contribution in [1.82, 2.24) is 4.90 Å². The van der Waals surface area contributed by atoms with Crippen molar-refractivity contribution in [1.29, 1.82) is 0 Å². The Balaban J connectivity index is 1.69. The fraction of sp³-hybridized carbons (Fsp3) is 0.107. The smallest absolute Gasteiger partial charge is 0.270 e. The summed E-state index contributed by atoms with van der Waals surface area (Å²) >= 11 is 0. The molecule has 1 atom stereocenters. The number of hydrogen-bond donors (Lipinski definition) is 0. The molecule has 4 aromatic carbocycles. The van der Waals surface area contributed by atoms with E-state index in [0.29, 0.717) is 24.3 Å². The van der Waals surface area contributed by atoms with Crippen LogP contribution in [0.15, 0.2) is 109 Å². The Labute approximate surface area is 197 Å². The van der Waals surface area contributed by atoms with E-state index in [9.17, 15) is 14.9 Å². The second kappa shape index (κ2) is 9.19. The molecule has 1 amide bonds. The van der Waals surface area contributed by atoms with Crippen molar-refractivity contribution in [3.63, 3.8) is 0 Å². The Morgan fingerprint density at radius 3 is 1.79 bits per heavy atom. The molecule has 0 saturated carbocycles. The molecule has 0 aromatic heterocycles. The number of anilines is 1. The molecule has 0 N–H and O–H groups in total. The lowest BCUT2D eigenvalue weighted by atomic mass is 9.98. The summed E-state index contributed by atoms with van der Waals surface area (Å²) in [5.41, 5.74) is 3.99. The number of carbonyl (C=O) groups excluding carboxylic acids is 1. The first kappa shape index (κ1) is 21.4. The second-order valence-corrected chi connectivity index (χ2v) is 8.28. The monoisotopic (exact) mass is 449 g/mol. The third-order valence-electron chi connectivity index (χ3n) is 6.07. The van der Waals surface area contributed by atoms with Crippen LogP contribution in [0.1, 0.15) is 33.2 Å². The molecule has 0 spiro atoms. The van der Waals surface area contributed by atoms with Gasteiger partial charge in [-0.15, -0.1) is 0 Å². The van der Waals surface area contributed by atoms with Gasteiger partial charge < -0.3 is 9.80 Å². The van der Waals surface area contributed by atoms with E-state index in [2.05, 4.69) is 4.90 Å². The van der Waals surface area contributed by atoms with Gasteiger partial charge >= 0.3 is 0 Å². The van der Waals surface area contributed by atoms with Crippen molar-refractivity contribution in [2.24, 2.45) is 0 Å². The first-order valence-corrected chi connectivity index (χ1v) is 11.1. The van der Waals surface area contributed by atoms with Crippen LogP contribution in [0.4, 0.5) is 11.4 Å². The molecule has 1 aliphatic heterocycles. The van der Waals surface area contributed by atoms with Crippen LogP contribution in [0.2, 0.25) is 0 Å². The van der Waals surface area contributed by atoms with Crippen LogP contribution in [0.5, 0.6) is 0 Å². The average Bonchev–Trinajstić information content (AvgIpc) is 2.88. The highest BCUT2D eigenvalue weighted by atomic mass is 16.6. The number of benzene rings is 4. The molecule has 5 rings (SSSR count). The van der Waals surface area contributed by atoms with E-state index in [1.165, 1.54) is 12.1 Å². The van der Waals surface area contributed by atoms with Gasteiger partial charge in [0.15, 0.2) is 0 Å². The van der Waals surface area contributed by atoms with Crippen LogP contribution >= 0.6 is 0 Å². The minimum atomic E-state index is -0.458. The predicted molar refractivity (Wildman–Crippen MR) is 131 cm³/mol. The van der Waals surface area contributed by atoms with Crippen LogP contribution in [-0.4, -0.2) is 15.7 Å². The molecule has 0 radical (unpaired) electrons. The molecule has 4 aromatic rings. The number of nitro groups is 1. The van der Waals surface area contributed by atoms with Crippen molar-refractivity contribution in [3.8, 4) is 0 Å². The molecular formula is C28H23N3O3. The minimum absolute atomic E-state index is 0.0930. The van der Waals surface area contributed by atoms with Gasteiger partial charge in [-0.3, -0.25) is 14.9 Å². The lowest BCUT2D eigenvalue weighted by molar-refractivity contribution is -0.384. The maximum Gasteiger partial charge on any atom is 0.270 e. The second-order valence-electron chi connectivity index (χ2n) is 8.28. The maximum absolute atomic E-state index is 13.9. The van der Waals surface area contributed by atoms with Crippen LogP contribution in [-0.2, 0) is 13.1 Å². The summed E-state index contributed by atoms with van der Waals surface area (Å²) in [4.78, 5) is 28.9. The molecule has 168 valence electrons. The van der Waals surface area contributed by atoms with Gasteiger partial charge in [-0.1, -0.05) is 91.0 Å². The molecule has 1 aliphatic rings. The van der Waals surface area contributed by atoms with Gasteiger partial charge in [0.2, 0.25) is 0 Å². The van der Waals surface area contributed by atoms with E-state index < -0.39 is 4.92 Å². The Kier molecular flexibility index (Phi) is 5.79. The summed E-state index contributed by atoms with van der Waals surface area (Å²) in [6.45, 7) is 0.927. The standard InChI is InChI=1S/C28H23N3O3/c32-28-25-18-24(31(33)34)16-17-26(25)29(19-21-10-4-1-5-11-21)27(23-14-8-3-9-15-23)30(28)20-22-12-6-2-7-13-22/h1-18,27H,19-20H2. The molecule has 6 heteroatoms. The van der Waals surface area contributed by atoms with Crippen LogP contribution < -0.4 is 4.90 Å². The van der Waals surface area contributed by atoms with Gasteiger partial charge in [0.25, 0.3) is 11.6 Å². The molecule has 6 nitrogen and oxygen atoms in total. The first-order valence-electron chi connectivity index (χ1n) is 11.1. The van der Waals surface area contributed by atoms with E-state index in [0.717, 1.165) is 16.7 Å². The minimum Gasteiger partial charge on any atom is -0.342 e. The normalized spacial score (nSPS) is 15.2. The number of carbonyl (C=O) groups is 1. The largest absolute Gasteiger partial charge is 0.342 e. The Morgan fingerprint density at radius 1 is 0.706 bits per heavy atom. The van der Waals surface area contributed by atoms with Crippen molar-refractivity contribution in [3.05, 3.63) is 142 Å². The average molecular weight is 450 g/mol. The Hall–Kier alpha value is -4.45. The van der Waals surface area contributed by atoms with Crippen molar-refractivity contribution in [2.75, 3.05) is 4.90 Å². The van der Waals surface area contributed by atoms with E-state index in [1.54, 1.807) is 11.0 Å². The third-order valence-corrected chi connectivity index (χ3v) is 6.07. The van der Waals surface area contributed by atoms with Crippen LogP contribution in [0.3, 0.4) is 0 Å². The van der Waals surface area contributed by atoms with Gasteiger partial charge in [0.05, 0.1) is 16.2 Å². The number of amides is 1. The molecular weight excluding hydrogens is 426 g/mol. The quantitative estimate of drug-likeness (QED) is 0.269. The predicted octanol–water partition coefficient (Wildman–Crippen LogP) is 5.96. The summed E-state index contributed by atoms with van der Waals surface area (Å²) in [5.74, 6) is -0.222. The van der Waals surface area contributed by atoms with Gasteiger partial charge in [0, 0.05) is 25.2 Å². The molecule has 1 unspecified atom stereocenters. The summed E-state index contributed by atoms with van der Waals surface area (Å²) in [5, 5.41) is 11.5. The zero-order valence-electron chi connectivity index (χ0n) is 18.5. The van der Waals surface area contributed by atoms with Gasteiger partial charge in [0.1, 0.15) is 6.17 Å². The van der Waals surface area contributed by atoms with Crippen molar-refractivity contribution >= 4 is 17.3 Å². The van der Waals surface area contributed by atoms with E-state index in [4.69, 9.17) is 0 Å². The van der Waals surface area contributed by atoms with Crippen LogP contribution in [0.25, 0.3) is 0 Å². The number of non-ortho nitro benzene ring substituents is 1. The van der Waals surface area contributed by atoms with E-state index in [-0.39, 0.29) is 17.8 Å². The molecule has 34 heavy (non-hydrogen) atoms. The number of fused-ring (bicyclic) bond motifs is 1. The number of nitro benzene ring substituents is 1. The molecule has 0 aliphatic carbocycles. The fourth-order valence-corrected chi connectivity index (χ4v) is 4.50. The molecule has 0 fully saturated rings. The zero-order chi connectivity index (χ0) is 23.5. The van der Waals surface area contributed by atoms with Gasteiger partial charge in [-0.25, -0.2) is 0 Å². The molecule has 0 bridgehead atoms. The van der Waals surface area contributed by atoms with Gasteiger partial charge in [-0.05, 0) is 22.8 Å². The lowest BCUT2D eigenvalue weighted by Gasteiger charge is -2.46. The number of hydrogen-bond acceptors (Lipinski definition) is 4. The third kappa shape index (κ3) is 4.13. The zero-order valence-corrected chi connectivity index (χ0v) is 18.5. The highest BCUT2D eigenvalue weighted by Crippen LogP contribution is 2.41. The highest BCUT2D eigenvalue weighted by Gasteiger charge is 2.39. The summed E-state index contributed by atoms with van der Waals surface area (Å²) in [6, 6.07) is 34.3. The summed E-state index contributed by atoms with van der Waals surface area (Å²) in [7, 11) is 0. The number of rotatable bonds is 6. The summed E-state index contributed by atoms with van der Waals surface area (Å²) in [6.07, 6.45) is -0.372. The lowest BCUT2D eigenvalue weighted by Crippen LogP contribution is -2.48. The van der Waals surface area contributed by atoms with Crippen molar-refractivity contribution < 1.29 is 9.72 Å². The Morgan fingerprint density at radius 2 is 1.24 bits per heavy atom. The topological polar surface area (TPSA) is 66.7 Å². The fourth-order valence-electron chi connectivity index (χ4n) is 4.50.